The van der Waals surface area contributed by atoms with Gasteiger partial charge in [-0.05, 0) is 96.5 Å². The van der Waals surface area contributed by atoms with Gasteiger partial charge in [0, 0.05) is 42.5 Å². The monoisotopic (exact) mass is 566 g/mol. The quantitative estimate of drug-likeness (QED) is 0.206. The van der Waals surface area contributed by atoms with Gasteiger partial charge in [-0.15, -0.1) is 0 Å². The number of aryl methyl sites for hydroxylation is 3. The van der Waals surface area contributed by atoms with Gasteiger partial charge in [0.15, 0.2) is 0 Å². The SMILES string of the molecule is Cc1ccc([C@@H](C)CC(=O)N(Cc2nccn2C)c2ccc3c(c2)C(SNc2cccc(C)c2)CCC3(C)C)cc1. The van der Waals surface area contributed by atoms with E-state index in [4.69, 9.17) is 0 Å². The van der Waals surface area contributed by atoms with Gasteiger partial charge in [-0.1, -0.05) is 68.8 Å². The molecular formula is C35H42N4OS. The molecule has 1 aliphatic rings. The predicted octanol–water partition coefficient (Wildman–Crippen LogP) is 8.64. The summed E-state index contributed by atoms with van der Waals surface area (Å²) in [6.07, 6.45) is 6.36. The second kappa shape index (κ2) is 12.2. The van der Waals surface area contributed by atoms with Crippen LogP contribution in [0.5, 0.6) is 0 Å². The van der Waals surface area contributed by atoms with Crippen LogP contribution in [0.3, 0.4) is 0 Å². The fraction of sp³-hybridized carbons (Fsp3) is 0.371. The van der Waals surface area contributed by atoms with Crippen molar-refractivity contribution < 1.29 is 4.79 Å². The Morgan fingerprint density at radius 3 is 2.59 bits per heavy atom. The van der Waals surface area contributed by atoms with Gasteiger partial charge in [-0.2, -0.15) is 0 Å². The van der Waals surface area contributed by atoms with Crippen LogP contribution in [-0.2, 0) is 23.8 Å². The Kier molecular flexibility index (Phi) is 8.60. The molecule has 1 N–H and O–H groups in total. The Morgan fingerprint density at radius 2 is 1.88 bits per heavy atom. The molecule has 41 heavy (non-hydrogen) atoms. The van der Waals surface area contributed by atoms with Gasteiger partial charge in [0.2, 0.25) is 5.91 Å². The number of amides is 1. The average Bonchev–Trinajstić information content (AvgIpc) is 3.35. The predicted molar refractivity (Wildman–Crippen MR) is 172 cm³/mol. The zero-order valence-corrected chi connectivity index (χ0v) is 26.0. The summed E-state index contributed by atoms with van der Waals surface area (Å²) >= 11 is 1.78. The highest BCUT2D eigenvalue weighted by molar-refractivity contribution is 8.00. The lowest BCUT2D eigenvalue weighted by molar-refractivity contribution is -0.119. The molecule has 0 radical (unpaired) electrons. The number of rotatable bonds is 9. The van der Waals surface area contributed by atoms with Crippen molar-refractivity contribution in [1.29, 1.82) is 0 Å². The molecular weight excluding hydrogens is 524 g/mol. The van der Waals surface area contributed by atoms with Gasteiger partial charge < -0.3 is 14.2 Å². The molecule has 1 amide bonds. The lowest BCUT2D eigenvalue weighted by atomic mass is 9.72. The molecule has 0 saturated carbocycles. The van der Waals surface area contributed by atoms with Crippen LogP contribution in [0.25, 0.3) is 0 Å². The standard InChI is InChI=1S/C35H42N4OS/c1-24-10-12-27(13-11-24)26(3)21-34(40)39(23-33-36-18-19-38(33)6)29-14-15-31-30(22-29)32(16-17-35(31,4)5)41-37-28-9-7-8-25(2)20-28/h7-15,18-20,22,26,32,37H,16-17,21,23H2,1-6H3/t26-,32?/m0/s1. The van der Waals surface area contributed by atoms with Crippen LogP contribution in [0, 0.1) is 13.8 Å². The van der Waals surface area contributed by atoms with Gasteiger partial charge >= 0.3 is 0 Å². The summed E-state index contributed by atoms with van der Waals surface area (Å²) in [4.78, 5) is 20.5. The van der Waals surface area contributed by atoms with Crippen LogP contribution in [0.4, 0.5) is 11.4 Å². The Morgan fingerprint density at radius 1 is 1.10 bits per heavy atom. The minimum atomic E-state index is 0.0860. The molecule has 1 aromatic heterocycles. The number of imidazole rings is 1. The van der Waals surface area contributed by atoms with Crippen LogP contribution in [0.2, 0.25) is 0 Å². The van der Waals surface area contributed by atoms with E-state index in [0.717, 1.165) is 30.0 Å². The van der Waals surface area contributed by atoms with Crippen molar-refractivity contribution in [2.75, 3.05) is 9.62 Å². The molecule has 1 unspecified atom stereocenters. The van der Waals surface area contributed by atoms with E-state index in [-0.39, 0.29) is 22.5 Å². The van der Waals surface area contributed by atoms with E-state index in [9.17, 15) is 4.79 Å². The number of nitrogens with zero attached hydrogens (tertiary/aromatic N) is 3. The molecule has 5 rings (SSSR count). The van der Waals surface area contributed by atoms with Crippen LogP contribution in [0.15, 0.2) is 79.1 Å². The lowest BCUT2D eigenvalue weighted by Crippen LogP contribution is -2.33. The fourth-order valence-electron chi connectivity index (χ4n) is 5.75. The van der Waals surface area contributed by atoms with Crippen LogP contribution < -0.4 is 9.62 Å². The summed E-state index contributed by atoms with van der Waals surface area (Å²) in [6, 6.07) is 23.7. The van der Waals surface area contributed by atoms with Gasteiger partial charge in [-0.25, -0.2) is 4.98 Å². The van der Waals surface area contributed by atoms with Crippen LogP contribution >= 0.6 is 11.9 Å². The summed E-state index contributed by atoms with van der Waals surface area (Å²) in [5.41, 5.74) is 8.48. The van der Waals surface area contributed by atoms with Gasteiger partial charge in [0.1, 0.15) is 5.82 Å². The van der Waals surface area contributed by atoms with Gasteiger partial charge in [-0.3, -0.25) is 4.79 Å². The van der Waals surface area contributed by atoms with Crippen molar-refractivity contribution in [3.05, 3.63) is 113 Å². The molecule has 2 atom stereocenters. The Balaban J connectivity index is 1.46. The number of benzene rings is 3. The van der Waals surface area contributed by atoms with E-state index < -0.39 is 0 Å². The van der Waals surface area contributed by atoms with E-state index in [1.807, 2.05) is 22.7 Å². The Hall–Kier alpha value is -3.51. The maximum atomic E-state index is 14.0. The first-order chi connectivity index (χ1) is 19.6. The second-order valence-corrected chi connectivity index (χ2v) is 13.2. The van der Waals surface area contributed by atoms with Gasteiger partial charge in [0.05, 0.1) is 6.54 Å². The lowest BCUT2D eigenvalue weighted by Gasteiger charge is -2.38. The minimum Gasteiger partial charge on any atom is -0.337 e. The van der Waals surface area contributed by atoms with E-state index in [0.29, 0.717) is 13.0 Å². The third-order valence-electron chi connectivity index (χ3n) is 8.44. The molecule has 3 aromatic carbocycles. The zero-order valence-electron chi connectivity index (χ0n) is 25.1. The van der Waals surface area contributed by atoms with Crippen molar-refractivity contribution in [3.8, 4) is 0 Å². The van der Waals surface area contributed by atoms with Gasteiger partial charge in [0.25, 0.3) is 0 Å². The second-order valence-electron chi connectivity index (χ2n) is 12.2. The summed E-state index contributed by atoms with van der Waals surface area (Å²) in [5, 5.41) is 0.287. The number of hydrogen-bond acceptors (Lipinski definition) is 4. The topological polar surface area (TPSA) is 50.2 Å². The van der Waals surface area contributed by atoms with Crippen molar-refractivity contribution in [3.63, 3.8) is 0 Å². The molecule has 6 heteroatoms. The van der Waals surface area contributed by atoms with Crippen molar-refractivity contribution >= 4 is 29.2 Å². The zero-order chi connectivity index (χ0) is 29.1. The highest BCUT2D eigenvalue weighted by Gasteiger charge is 2.34. The molecule has 1 heterocycles. The number of carbonyl (C=O) groups is 1. The number of nitrogens with one attached hydrogen (secondary N) is 1. The molecule has 0 spiro atoms. The van der Waals surface area contributed by atoms with Crippen LogP contribution in [-0.4, -0.2) is 15.5 Å². The van der Waals surface area contributed by atoms with E-state index in [2.05, 4.69) is 111 Å². The molecule has 1 aliphatic carbocycles. The average molecular weight is 567 g/mol. The summed E-state index contributed by atoms with van der Waals surface area (Å²) in [7, 11) is 1.99. The highest BCUT2D eigenvalue weighted by Crippen LogP contribution is 2.48. The maximum Gasteiger partial charge on any atom is 0.228 e. The number of anilines is 2. The normalized spacial score (nSPS) is 16.6. The minimum absolute atomic E-state index is 0.0860. The smallest absolute Gasteiger partial charge is 0.228 e. The summed E-state index contributed by atoms with van der Waals surface area (Å²) in [5.74, 6) is 1.09. The first-order valence-corrected chi connectivity index (χ1v) is 15.4. The first-order valence-electron chi connectivity index (χ1n) is 14.6. The molecule has 214 valence electrons. The molecule has 0 fully saturated rings. The third-order valence-corrected chi connectivity index (χ3v) is 9.57. The molecule has 0 saturated heterocycles. The number of carbonyl (C=O) groups excluding carboxylic acids is 1. The molecule has 5 nitrogen and oxygen atoms in total. The Bertz CT molecular complexity index is 1510. The molecule has 0 bridgehead atoms. The first kappa shape index (κ1) is 29.0. The molecule has 4 aromatic rings. The van der Waals surface area contributed by atoms with Crippen molar-refractivity contribution in [2.24, 2.45) is 7.05 Å². The number of fused-ring (bicyclic) bond motifs is 1. The maximum absolute atomic E-state index is 14.0. The fourth-order valence-corrected chi connectivity index (χ4v) is 6.71. The third kappa shape index (κ3) is 6.70. The largest absolute Gasteiger partial charge is 0.337 e. The van der Waals surface area contributed by atoms with Crippen molar-refractivity contribution in [1.82, 2.24) is 9.55 Å². The number of aromatic nitrogens is 2. The Labute approximate surface area is 249 Å². The summed E-state index contributed by atoms with van der Waals surface area (Å²) in [6.45, 7) is 11.5. The van der Waals surface area contributed by atoms with E-state index in [1.165, 1.54) is 27.8 Å². The van der Waals surface area contributed by atoms with Crippen LogP contribution in [0.1, 0.15) is 84.8 Å². The molecule has 0 aliphatic heterocycles. The van der Waals surface area contributed by atoms with E-state index in [1.54, 1.807) is 18.1 Å². The summed E-state index contributed by atoms with van der Waals surface area (Å²) < 4.78 is 5.61. The van der Waals surface area contributed by atoms with Crippen molar-refractivity contribution in [2.45, 2.75) is 77.0 Å². The number of hydrogen-bond donors (Lipinski definition) is 1. The highest BCUT2D eigenvalue weighted by atomic mass is 32.2. The van der Waals surface area contributed by atoms with E-state index >= 15 is 0 Å².